The van der Waals surface area contributed by atoms with E-state index in [0.717, 1.165) is 11.7 Å². The summed E-state index contributed by atoms with van der Waals surface area (Å²) in [6.07, 6.45) is 6.31. The molecule has 0 bridgehead atoms. The monoisotopic (exact) mass is 253 g/mol. The highest BCUT2D eigenvalue weighted by Gasteiger charge is 2.21. The maximum absolute atomic E-state index is 5.89. The Balaban J connectivity index is 2.02. The predicted octanol–water partition coefficient (Wildman–Crippen LogP) is 3.70. The van der Waals surface area contributed by atoms with Gasteiger partial charge in [-0.3, -0.25) is 0 Å². The van der Waals surface area contributed by atoms with E-state index >= 15 is 0 Å². The summed E-state index contributed by atoms with van der Waals surface area (Å²) in [5.74, 6) is 1.57. The highest BCUT2D eigenvalue weighted by atomic mass is 35.5. The first-order valence-corrected chi connectivity index (χ1v) is 6.75. The summed E-state index contributed by atoms with van der Waals surface area (Å²) in [4.78, 5) is 4.25. The molecule has 1 aromatic rings. The van der Waals surface area contributed by atoms with Crippen molar-refractivity contribution in [2.75, 3.05) is 11.1 Å². The normalized spacial score (nSPS) is 24.6. The van der Waals surface area contributed by atoms with Crippen LogP contribution < -0.4 is 11.1 Å². The molecule has 0 aliphatic heterocycles. The van der Waals surface area contributed by atoms with Crippen LogP contribution in [0.2, 0.25) is 5.15 Å². The largest absolute Gasteiger partial charge is 0.396 e. The zero-order valence-electron chi connectivity index (χ0n) is 10.2. The highest BCUT2D eigenvalue weighted by Crippen LogP contribution is 2.29. The van der Waals surface area contributed by atoms with Gasteiger partial charge in [-0.1, -0.05) is 37.8 Å². The second kappa shape index (κ2) is 5.58. The number of nitrogens with zero attached hydrogens (tertiary/aromatic N) is 1. The molecule has 1 saturated carbocycles. The van der Waals surface area contributed by atoms with Crippen LogP contribution >= 0.6 is 11.6 Å². The molecule has 1 heterocycles. The van der Waals surface area contributed by atoms with Gasteiger partial charge in [0.05, 0.1) is 5.69 Å². The van der Waals surface area contributed by atoms with Crippen molar-refractivity contribution in [2.24, 2.45) is 5.92 Å². The van der Waals surface area contributed by atoms with Crippen LogP contribution in [0, 0.1) is 5.92 Å². The van der Waals surface area contributed by atoms with E-state index in [2.05, 4.69) is 17.2 Å². The maximum Gasteiger partial charge on any atom is 0.151 e. The van der Waals surface area contributed by atoms with E-state index in [9.17, 15) is 0 Å². The predicted molar refractivity (Wildman–Crippen MR) is 73.3 cm³/mol. The van der Waals surface area contributed by atoms with Gasteiger partial charge in [-0.15, -0.1) is 0 Å². The molecule has 17 heavy (non-hydrogen) atoms. The van der Waals surface area contributed by atoms with Crippen molar-refractivity contribution in [1.82, 2.24) is 4.98 Å². The number of nitrogens with two attached hydrogens (primary N) is 1. The molecule has 0 amide bonds. The van der Waals surface area contributed by atoms with Crippen LogP contribution in [0.3, 0.4) is 0 Å². The molecule has 0 aromatic carbocycles. The topological polar surface area (TPSA) is 50.9 Å². The zero-order chi connectivity index (χ0) is 12.3. The Kier molecular flexibility index (Phi) is 4.11. The number of pyridine rings is 1. The molecule has 1 aromatic heterocycles. The van der Waals surface area contributed by atoms with Crippen LogP contribution in [0.4, 0.5) is 11.5 Å². The van der Waals surface area contributed by atoms with Crippen LogP contribution in [0.1, 0.15) is 39.0 Å². The fourth-order valence-electron chi connectivity index (χ4n) is 2.55. The van der Waals surface area contributed by atoms with Crippen molar-refractivity contribution < 1.29 is 0 Å². The molecule has 1 fully saturated rings. The van der Waals surface area contributed by atoms with Gasteiger partial charge >= 0.3 is 0 Å². The van der Waals surface area contributed by atoms with Gasteiger partial charge in [-0.05, 0) is 30.9 Å². The highest BCUT2D eigenvalue weighted by molar-refractivity contribution is 6.29. The van der Waals surface area contributed by atoms with Crippen LogP contribution in [0.15, 0.2) is 12.1 Å². The van der Waals surface area contributed by atoms with Crippen LogP contribution in [0.25, 0.3) is 0 Å². The fraction of sp³-hybridized carbons (Fsp3) is 0.615. The molecule has 0 spiro atoms. The Bertz CT molecular complexity index is 381. The SMILES string of the molecule is CCC1CCCC(Nc2nc(Cl)ccc2N)C1. The summed E-state index contributed by atoms with van der Waals surface area (Å²) in [5, 5.41) is 3.92. The molecule has 1 aliphatic carbocycles. The molecule has 0 saturated heterocycles. The number of rotatable bonds is 3. The van der Waals surface area contributed by atoms with Crippen molar-refractivity contribution in [3.63, 3.8) is 0 Å². The summed E-state index contributed by atoms with van der Waals surface area (Å²) < 4.78 is 0. The lowest BCUT2D eigenvalue weighted by Gasteiger charge is -2.29. The molecule has 1 aliphatic rings. The van der Waals surface area contributed by atoms with E-state index in [-0.39, 0.29) is 0 Å². The molecule has 4 heteroatoms. The Labute approximate surface area is 108 Å². The summed E-state index contributed by atoms with van der Waals surface area (Å²) >= 11 is 5.88. The average Bonchev–Trinajstić information content (AvgIpc) is 2.34. The molecule has 3 N–H and O–H groups in total. The van der Waals surface area contributed by atoms with E-state index in [1.165, 1.54) is 32.1 Å². The van der Waals surface area contributed by atoms with Crippen molar-refractivity contribution >= 4 is 23.1 Å². The minimum absolute atomic E-state index is 0.488. The average molecular weight is 254 g/mol. The van der Waals surface area contributed by atoms with E-state index in [1.54, 1.807) is 12.1 Å². The Morgan fingerprint density at radius 1 is 1.47 bits per heavy atom. The van der Waals surface area contributed by atoms with E-state index in [4.69, 9.17) is 17.3 Å². The first kappa shape index (κ1) is 12.5. The second-order valence-corrected chi connectivity index (χ2v) is 5.24. The molecular formula is C13H20ClN3. The third-order valence-electron chi connectivity index (χ3n) is 3.59. The second-order valence-electron chi connectivity index (χ2n) is 4.85. The lowest BCUT2D eigenvalue weighted by molar-refractivity contribution is 0.327. The number of halogens is 1. The van der Waals surface area contributed by atoms with Gasteiger partial charge in [0.15, 0.2) is 5.82 Å². The van der Waals surface area contributed by atoms with Gasteiger partial charge in [0.1, 0.15) is 5.15 Å². The molecule has 0 radical (unpaired) electrons. The van der Waals surface area contributed by atoms with Gasteiger partial charge in [0, 0.05) is 6.04 Å². The first-order chi connectivity index (χ1) is 8.19. The van der Waals surface area contributed by atoms with Gasteiger partial charge in [-0.25, -0.2) is 4.98 Å². The lowest BCUT2D eigenvalue weighted by Crippen LogP contribution is -2.27. The van der Waals surface area contributed by atoms with Crippen molar-refractivity contribution in [1.29, 1.82) is 0 Å². The Hall–Kier alpha value is -0.960. The fourth-order valence-corrected chi connectivity index (χ4v) is 2.70. The quantitative estimate of drug-likeness (QED) is 0.808. The zero-order valence-corrected chi connectivity index (χ0v) is 11.0. The van der Waals surface area contributed by atoms with Crippen LogP contribution in [0.5, 0.6) is 0 Å². The van der Waals surface area contributed by atoms with E-state index < -0.39 is 0 Å². The van der Waals surface area contributed by atoms with Crippen molar-refractivity contribution in [3.8, 4) is 0 Å². The van der Waals surface area contributed by atoms with Crippen molar-refractivity contribution in [3.05, 3.63) is 17.3 Å². The molecule has 2 atom stereocenters. The van der Waals surface area contributed by atoms with Gasteiger partial charge in [-0.2, -0.15) is 0 Å². The molecule has 3 nitrogen and oxygen atoms in total. The number of anilines is 2. The summed E-state index contributed by atoms with van der Waals surface area (Å²) in [5.41, 5.74) is 6.56. The number of nitrogen functional groups attached to an aromatic ring is 1. The smallest absolute Gasteiger partial charge is 0.151 e. The number of hydrogen-bond acceptors (Lipinski definition) is 3. The van der Waals surface area contributed by atoms with Crippen molar-refractivity contribution in [2.45, 2.75) is 45.1 Å². The summed E-state index contributed by atoms with van der Waals surface area (Å²) in [6.45, 7) is 2.26. The maximum atomic E-state index is 5.89. The Morgan fingerprint density at radius 2 is 2.29 bits per heavy atom. The van der Waals surface area contributed by atoms with Gasteiger partial charge < -0.3 is 11.1 Å². The van der Waals surface area contributed by atoms with Gasteiger partial charge in [0.2, 0.25) is 0 Å². The number of nitrogens with one attached hydrogen (secondary N) is 1. The summed E-state index contributed by atoms with van der Waals surface area (Å²) in [7, 11) is 0. The molecule has 94 valence electrons. The van der Waals surface area contributed by atoms with Gasteiger partial charge in [0.25, 0.3) is 0 Å². The molecule has 2 unspecified atom stereocenters. The minimum atomic E-state index is 0.488. The minimum Gasteiger partial charge on any atom is -0.396 e. The third kappa shape index (κ3) is 3.25. The van der Waals surface area contributed by atoms with E-state index in [1.807, 2.05) is 0 Å². The number of hydrogen-bond donors (Lipinski definition) is 2. The molecule has 2 rings (SSSR count). The lowest BCUT2D eigenvalue weighted by atomic mass is 9.84. The number of aromatic nitrogens is 1. The summed E-state index contributed by atoms with van der Waals surface area (Å²) in [6, 6.07) is 4.01. The Morgan fingerprint density at radius 3 is 3.06 bits per heavy atom. The van der Waals surface area contributed by atoms with Crippen LogP contribution in [-0.4, -0.2) is 11.0 Å². The van der Waals surface area contributed by atoms with E-state index in [0.29, 0.717) is 16.9 Å². The van der Waals surface area contributed by atoms with Crippen LogP contribution in [-0.2, 0) is 0 Å². The first-order valence-electron chi connectivity index (χ1n) is 6.37. The standard InChI is InChI=1S/C13H20ClN3/c1-2-9-4-3-5-10(8-9)16-13-11(15)6-7-12(14)17-13/h6-7,9-10H,2-5,8,15H2,1H3,(H,16,17). The molecular weight excluding hydrogens is 234 g/mol. The third-order valence-corrected chi connectivity index (χ3v) is 3.80.